The lowest BCUT2D eigenvalue weighted by atomic mass is 10.1. The van der Waals surface area contributed by atoms with Crippen molar-refractivity contribution >= 4 is 15.7 Å². The van der Waals surface area contributed by atoms with E-state index in [1.54, 1.807) is 20.1 Å². The van der Waals surface area contributed by atoms with Crippen LogP contribution in [-0.4, -0.2) is 27.7 Å². The Bertz CT molecular complexity index is 828. The van der Waals surface area contributed by atoms with Crippen LogP contribution in [0.1, 0.15) is 21.5 Å². The van der Waals surface area contributed by atoms with Crippen LogP contribution in [0.4, 0.5) is 0 Å². The molecule has 5 nitrogen and oxygen atoms in total. The molecule has 0 aliphatic heterocycles. The van der Waals surface area contributed by atoms with Crippen LogP contribution in [0.5, 0.6) is 5.75 Å². The van der Waals surface area contributed by atoms with Crippen LogP contribution in [0.15, 0.2) is 47.4 Å². The summed E-state index contributed by atoms with van der Waals surface area (Å²) in [6.07, 6.45) is 1.12. The van der Waals surface area contributed by atoms with E-state index in [0.29, 0.717) is 17.9 Å². The van der Waals surface area contributed by atoms with Gasteiger partial charge >= 0.3 is 0 Å². The second-order valence-corrected chi connectivity index (χ2v) is 7.26. The van der Waals surface area contributed by atoms with Crippen LogP contribution in [0.3, 0.4) is 0 Å². The minimum Gasteiger partial charge on any atom is -0.496 e. The molecule has 2 aromatic rings. The molecule has 0 saturated heterocycles. The van der Waals surface area contributed by atoms with Gasteiger partial charge in [-0.2, -0.15) is 0 Å². The molecule has 2 aromatic carbocycles. The first-order valence-corrected chi connectivity index (χ1v) is 8.93. The molecule has 1 amide bonds. The highest BCUT2D eigenvalue weighted by Gasteiger charge is 2.14. The number of carbonyl (C=O) groups is 1. The summed E-state index contributed by atoms with van der Waals surface area (Å²) < 4.78 is 28.5. The van der Waals surface area contributed by atoms with Gasteiger partial charge in [-0.25, -0.2) is 8.42 Å². The van der Waals surface area contributed by atoms with Crippen LogP contribution >= 0.6 is 0 Å². The quantitative estimate of drug-likeness (QED) is 0.911. The number of sulfone groups is 1. The summed E-state index contributed by atoms with van der Waals surface area (Å²) in [7, 11) is -1.78. The molecule has 0 spiro atoms. The number of nitrogens with one attached hydrogen (secondary N) is 1. The average molecular weight is 333 g/mol. The van der Waals surface area contributed by atoms with E-state index in [9.17, 15) is 13.2 Å². The van der Waals surface area contributed by atoms with Crippen molar-refractivity contribution in [1.29, 1.82) is 0 Å². The Labute approximate surface area is 136 Å². The molecular weight excluding hydrogens is 314 g/mol. The van der Waals surface area contributed by atoms with E-state index in [1.165, 1.54) is 12.1 Å². The lowest BCUT2D eigenvalue weighted by Gasteiger charge is -2.11. The zero-order chi connectivity index (χ0) is 17.0. The van der Waals surface area contributed by atoms with E-state index in [0.717, 1.165) is 17.4 Å². The van der Waals surface area contributed by atoms with Crippen molar-refractivity contribution in [2.75, 3.05) is 13.4 Å². The van der Waals surface area contributed by atoms with E-state index in [-0.39, 0.29) is 10.8 Å². The summed E-state index contributed by atoms with van der Waals surface area (Å²) in [4.78, 5) is 12.5. The fourth-order valence-corrected chi connectivity index (χ4v) is 2.84. The molecule has 0 aromatic heterocycles. The SMILES string of the molecule is COc1ccccc1CNC(=O)c1cc(S(C)(=O)=O)ccc1C. The normalized spacial score (nSPS) is 11.1. The predicted molar refractivity (Wildman–Crippen MR) is 88.5 cm³/mol. The number of hydrogen-bond acceptors (Lipinski definition) is 4. The van der Waals surface area contributed by atoms with Gasteiger partial charge in [-0.1, -0.05) is 24.3 Å². The number of methoxy groups -OCH3 is 1. The summed E-state index contributed by atoms with van der Waals surface area (Å²) in [6.45, 7) is 2.06. The Kier molecular flexibility index (Phi) is 5.05. The minimum atomic E-state index is -3.35. The van der Waals surface area contributed by atoms with Gasteiger partial charge in [-0.05, 0) is 30.7 Å². The molecular formula is C17H19NO4S. The molecule has 0 saturated carbocycles. The van der Waals surface area contributed by atoms with Gasteiger partial charge in [-0.15, -0.1) is 0 Å². The number of hydrogen-bond donors (Lipinski definition) is 1. The lowest BCUT2D eigenvalue weighted by Crippen LogP contribution is -2.24. The molecule has 1 N–H and O–H groups in total. The largest absolute Gasteiger partial charge is 0.496 e. The monoisotopic (exact) mass is 333 g/mol. The molecule has 0 aliphatic carbocycles. The molecule has 0 fully saturated rings. The van der Waals surface area contributed by atoms with E-state index in [1.807, 2.05) is 24.3 Å². The highest BCUT2D eigenvalue weighted by Crippen LogP contribution is 2.18. The number of ether oxygens (including phenoxy) is 1. The molecule has 122 valence electrons. The van der Waals surface area contributed by atoms with Gasteiger partial charge in [-0.3, -0.25) is 4.79 Å². The Morgan fingerprint density at radius 3 is 2.52 bits per heavy atom. The molecule has 0 radical (unpaired) electrons. The van der Waals surface area contributed by atoms with Gasteiger partial charge in [0.15, 0.2) is 9.84 Å². The molecule has 0 unspecified atom stereocenters. The fraction of sp³-hybridized carbons (Fsp3) is 0.235. The molecule has 0 atom stereocenters. The van der Waals surface area contributed by atoms with Crippen molar-refractivity contribution in [3.8, 4) is 5.75 Å². The van der Waals surface area contributed by atoms with Crippen molar-refractivity contribution in [2.24, 2.45) is 0 Å². The maximum atomic E-state index is 12.4. The second kappa shape index (κ2) is 6.83. The van der Waals surface area contributed by atoms with Gasteiger partial charge in [0.05, 0.1) is 12.0 Å². The highest BCUT2D eigenvalue weighted by atomic mass is 32.2. The Balaban J connectivity index is 2.21. The molecule has 2 rings (SSSR count). The predicted octanol–water partition coefficient (Wildman–Crippen LogP) is 2.34. The van der Waals surface area contributed by atoms with Crippen molar-refractivity contribution in [3.63, 3.8) is 0 Å². The Morgan fingerprint density at radius 1 is 1.17 bits per heavy atom. The van der Waals surface area contributed by atoms with Crippen LogP contribution in [0.25, 0.3) is 0 Å². The fourth-order valence-electron chi connectivity index (χ4n) is 2.20. The first kappa shape index (κ1) is 17.0. The Hall–Kier alpha value is -2.34. The van der Waals surface area contributed by atoms with Crippen molar-refractivity contribution in [2.45, 2.75) is 18.4 Å². The van der Waals surface area contributed by atoms with E-state index < -0.39 is 9.84 Å². The number of carbonyl (C=O) groups excluding carboxylic acids is 1. The van der Waals surface area contributed by atoms with Crippen LogP contribution < -0.4 is 10.1 Å². The zero-order valence-electron chi connectivity index (χ0n) is 13.3. The van der Waals surface area contributed by atoms with E-state index in [4.69, 9.17) is 4.74 Å². The van der Waals surface area contributed by atoms with E-state index in [2.05, 4.69) is 5.32 Å². The number of amides is 1. The van der Waals surface area contributed by atoms with Crippen molar-refractivity contribution < 1.29 is 17.9 Å². The van der Waals surface area contributed by atoms with Crippen LogP contribution in [0.2, 0.25) is 0 Å². The van der Waals surface area contributed by atoms with Crippen LogP contribution in [0, 0.1) is 6.92 Å². The van der Waals surface area contributed by atoms with Gasteiger partial charge in [0.2, 0.25) is 0 Å². The summed E-state index contributed by atoms with van der Waals surface area (Å²) in [6, 6.07) is 11.9. The number of rotatable bonds is 5. The molecule has 23 heavy (non-hydrogen) atoms. The molecule has 6 heteroatoms. The van der Waals surface area contributed by atoms with Gasteiger partial charge in [0, 0.05) is 23.9 Å². The molecule has 0 bridgehead atoms. The third-order valence-corrected chi connectivity index (χ3v) is 4.62. The van der Waals surface area contributed by atoms with Gasteiger partial charge < -0.3 is 10.1 Å². The summed E-state index contributed by atoms with van der Waals surface area (Å²) >= 11 is 0. The average Bonchev–Trinajstić information content (AvgIpc) is 2.52. The third kappa shape index (κ3) is 4.10. The molecule has 0 heterocycles. The summed E-state index contributed by atoms with van der Waals surface area (Å²) in [5, 5.41) is 2.80. The van der Waals surface area contributed by atoms with Crippen molar-refractivity contribution in [3.05, 3.63) is 59.2 Å². The number of aryl methyl sites for hydroxylation is 1. The standard InChI is InChI=1S/C17H19NO4S/c1-12-8-9-14(23(3,20)21)10-15(12)17(19)18-11-13-6-4-5-7-16(13)22-2/h4-10H,11H2,1-3H3,(H,18,19). The third-order valence-electron chi connectivity index (χ3n) is 3.51. The molecule has 0 aliphatic rings. The Morgan fingerprint density at radius 2 is 1.87 bits per heavy atom. The van der Waals surface area contributed by atoms with E-state index >= 15 is 0 Å². The number of para-hydroxylation sites is 1. The van der Waals surface area contributed by atoms with Gasteiger partial charge in [0.1, 0.15) is 5.75 Å². The number of benzene rings is 2. The van der Waals surface area contributed by atoms with Crippen molar-refractivity contribution in [1.82, 2.24) is 5.32 Å². The van der Waals surface area contributed by atoms with Gasteiger partial charge in [0.25, 0.3) is 5.91 Å². The lowest BCUT2D eigenvalue weighted by molar-refractivity contribution is 0.0950. The smallest absolute Gasteiger partial charge is 0.251 e. The topological polar surface area (TPSA) is 72.5 Å². The summed E-state index contributed by atoms with van der Waals surface area (Å²) in [5.41, 5.74) is 1.91. The second-order valence-electron chi connectivity index (χ2n) is 5.24. The first-order valence-electron chi connectivity index (χ1n) is 7.03. The summed E-state index contributed by atoms with van der Waals surface area (Å²) in [5.74, 6) is 0.369. The van der Waals surface area contributed by atoms with Crippen LogP contribution in [-0.2, 0) is 16.4 Å². The highest BCUT2D eigenvalue weighted by molar-refractivity contribution is 7.90. The first-order chi connectivity index (χ1) is 10.8. The maximum Gasteiger partial charge on any atom is 0.251 e. The zero-order valence-corrected chi connectivity index (χ0v) is 14.1. The minimum absolute atomic E-state index is 0.130. The maximum absolute atomic E-state index is 12.4.